The van der Waals surface area contributed by atoms with Gasteiger partial charge in [0, 0.05) is 25.2 Å². The molecule has 1 aliphatic heterocycles. The maximum absolute atomic E-state index is 12.1. The van der Waals surface area contributed by atoms with Crippen molar-refractivity contribution in [2.75, 3.05) is 26.2 Å². The predicted octanol–water partition coefficient (Wildman–Crippen LogP) is 1.37. The average Bonchev–Trinajstić information content (AvgIpc) is 2.31. The molecule has 3 rings (SSSR count). The number of aliphatic carboxylic acids is 1. The molecule has 6 heteroatoms. The Labute approximate surface area is 131 Å². The molecular weight excluding hydrogens is 282 g/mol. The van der Waals surface area contributed by atoms with E-state index in [0.29, 0.717) is 6.04 Å². The first kappa shape index (κ1) is 15.6. The number of amides is 2. The van der Waals surface area contributed by atoms with Crippen LogP contribution >= 0.6 is 0 Å². The average molecular weight is 309 g/mol. The first-order valence-corrected chi connectivity index (χ1v) is 8.58. The van der Waals surface area contributed by atoms with Gasteiger partial charge in [-0.1, -0.05) is 26.2 Å². The predicted molar refractivity (Wildman–Crippen MR) is 82.6 cm³/mol. The SMILES string of the molecule is CCN(CC(=O)O)C1CC(NC(=O)N2CC(C3CCC3)C2)C1. The van der Waals surface area contributed by atoms with E-state index in [1.165, 1.54) is 19.3 Å². The lowest BCUT2D eigenvalue weighted by molar-refractivity contribution is -0.139. The second kappa shape index (κ2) is 6.44. The Hall–Kier alpha value is -1.30. The summed E-state index contributed by atoms with van der Waals surface area (Å²) in [5, 5.41) is 12.0. The topological polar surface area (TPSA) is 72.9 Å². The van der Waals surface area contributed by atoms with Gasteiger partial charge in [-0.25, -0.2) is 4.79 Å². The van der Waals surface area contributed by atoms with Gasteiger partial charge in [0.1, 0.15) is 0 Å². The highest BCUT2D eigenvalue weighted by atomic mass is 16.4. The molecule has 0 aromatic carbocycles. The minimum atomic E-state index is -0.781. The van der Waals surface area contributed by atoms with Crippen molar-refractivity contribution < 1.29 is 14.7 Å². The Bertz CT molecular complexity index is 426. The van der Waals surface area contributed by atoms with E-state index in [1.807, 2.05) is 16.7 Å². The minimum Gasteiger partial charge on any atom is -0.480 e. The minimum absolute atomic E-state index is 0.0697. The number of likely N-dealkylation sites (tertiary alicyclic amines) is 1. The number of carboxylic acid groups (broad SMARTS) is 1. The van der Waals surface area contributed by atoms with E-state index in [4.69, 9.17) is 5.11 Å². The van der Waals surface area contributed by atoms with Gasteiger partial charge in [-0.2, -0.15) is 0 Å². The van der Waals surface area contributed by atoms with Crippen molar-refractivity contribution in [3.63, 3.8) is 0 Å². The molecule has 2 amide bonds. The van der Waals surface area contributed by atoms with Gasteiger partial charge < -0.3 is 15.3 Å². The normalized spacial score (nSPS) is 28.7. The summed E-state index contributed by atoms with van der Waals surface area (Å²) in [6, 6.07) is 0.578. The van der Waals surface area contributed by atoms with Crippen molar-refractivity contribution >= 4 is 12.0 Å². The molecule has 2 N–H and O–H groups in total. The number of nitrogens with one attached hydrogen (secondary N) is 1. The van der Waals surface area contributed by atoms with E-state index < -0.39 is 5.97 Å². The van der Waals surface area contributed by atoms with Gasteiger partial charge in [0.25, 0.3) is 0 Å². The first-order chi connectivity index (χ1) is 10.6. The molecule has 0 spiro atoms. The Balaban J connectivity index is 1.33. The summed E-state index contributed by atoms with van der Waals surface area (Å²) >= 11 is 0. The van der Waals surface area contributed by atoms with Crippen LogP contribution in [0.3, 0.4) is 0 Å². The number of nitrogens with zero attached hydrogens (tertiary/aromatic N) is 2. The molecule has 6 nitrogen and oxygen atoms in total. The zero-order valence-electron chi connectivity index (χ0n) is 13.3. The van der Waals surface area contributed by atoms with Crippen molar-refractivity contribution in [1.29, 1.82) is 0 Å². The van der Waals surface area contributed by atoms with Crippen molar-refractivity contribution in [2.24, 2.45) is 11.8 Å². The standard InChI is InChI=1S/C16H27N3O3/c1-2-18(10-15(20)21)14-6-13(7-14)17-16(22)19-8-12(9-19)11-4-3-5-11/h11-14H,2-10H2,1H3,(H,17,22)(H,20,21). The number of urea groups is 1. The van der Waals surface area contributed by atoms with Gasteiger partial charge in [-0.05, 0) is 31.2 Å². The highest BCUT2D eigenvalue weighted by molar-refractivity contribution is 5.75. The molecule has 0 unspecified atom stereocenters. The molecule has 0 aromatic heterocycles. The maximum atomic E-state index is 12.1. The van der Waals surface area contributed by atoms with Crippen LogP contribution in [-0.2, 0) is 4.79 Å². The number of carbonyl (C=O) groups is 2. The van der Waals surface area contributed by atoms with Crippen LogP contribution in [0, 0.1) is 11.8 Å². The van der Waals surface area contributed by atoms with Crippen LogP contribution in [0.2, 0.25) is 0 Å². The smallest absolute Gasteiger partial charge is 0.317 e. The van der Waals surface area contributed by atoms with Gasteiger partial charge in [-0.3, -0.25) is 9.69 Å². The number of carbonyl (C=O) groups excluding carboxylic acids is 1. The van der Waals surface area contributed by atoms with Gasteiger partial charge in [0.2, 0.25) is 0 Å². The maximum Gasteiger partial charge on any atom is 0.317 e. The van der Waals surface area contributed by atoms with Gasteiger partial charge >= 0.3 is 12.0 Å². The fourth-order valence-corrected chi connectivity index (χ4v) is 3.83. The first-order valence-electron chi connectivity index (χ1n) is 8.58. The second-order valence-corrected chi connectivity index (χ2v) is 7.08. The summed E-state index contributed by atoms with van der Waals surface area (Å²) in [7, 11) is 0. The fourth-order valence-electron chi connectivity index (χ4n) is 3.83. The lowest BCUT2D eigenvalue weighted by atomic mass is 9.72. The van der Waals surface area contributed by atoms with Gasteiger partial charge in [-0.15, -0.1) is 0 Å². The summed E-state index contributed by atoms with van der Waals surface area (Å²) in [5.74, 6) is 0.822. The van der Waals surface area contributed by atoms with Gasteiger partial charge in [0.05, 0.1) is 6.54 Å². The Morgan fingerprint density at radius 2 is 1.91 bits per heavy atom. The van der Waals surface area contributed by atoms with E-state index >= 15 is 0 Å². The Kier molecular flexibility index (Phi) is 4.57. The lowest BCUT2D eigenvalue weighted by Crippen LogP contribution is -2.61. The molecular formula is C16H27N3O3. The van der Waals surface area contributed by atoms with Crippen LogP contribution in [0.25, 0.3) is 0 Å². The zero-order chi connectivity index (χ0) is 15.7. The number of carboxylic acids is 1. The lowest BCUT2D eigenvalue weighted by Gasteiger charge is -2.48. The van der Waals surface area contributed by atoms with E-state index in [9.17, 15) is 9.59 Å². The van der Waals surface area contributed by atoms with Crippen molar-refractivity contribution in [2.45, 2.75) is 51.1 Å². The van der Waals surface area contributed by atoms with Crippen LogP contribution in [-0.4, -0.2) is 65.2 Å². The van der Waals surface area contributed by atoms with Crippen LogP contribution in [0.15, 0.2) is 0 Å². The molecule has 0 atom stereocenters. The third-order valence-corrected chi connectivity index (χ3v) is 5.72. The highest BCUT2D eigenvalue weighted by Gasteiger charge is 2.40. The van der Waals surface area contributed by atoms with Crippen LogP contribution in [0.4, 0.5) is 4.79 Å². The summed E-state index contributed by atoms with van der Waals surface area (Å²) in [5.41, 5.74) is 0. The molecule has 2 aliphatic carbocycles. The molecule has 1 heterocycles. The summed E-state index contributed by atoms with van der Waals surface area (Å²) in [4.78, 5) is 26.8. The summed E-state index contributed by atoms with van der Waals surface area (Å²) < 4.78 is 0. The summed E-state index contributed by atoms with van der Waals surface area (Å²) in [6.45, 7) is 4.67. The summed E-state index contributed by atoms with van der Waals surface area (Å²) in [6.07, 6.45) is 5.79. The largest absolute Gasteiger partial charge is 0.480 e. The van der Waals surface area contributed by atoms with Crippen LogP contribution < -0.4 is 5.32 Å². The van der Waals surface area contributed by atoms with E-state index in [2.05, 4.69) is 5.32 Å². The molecule has 124 valence electrons. The fraction of sp³-hybridized carbons (Fsp3) is 0.875. The van der Waals surface area contributed by atoms with E-state index in [1.54, 1.807) is 0 Å². The molecule has 2 saturated carbocycles. The third kappa shape index (κ3) is 3.21. The van der Waals surface area contributed by atoms with Crippen LogP contribution in [0.5, 0.6) is 0 Å². The number of hydrogen-bond donors (Lipinski definition) is 2. The Morgan fingerprint density at radius 3 is 2.41 bits per heavy atom. The number of hydrogen-bond acceptors (Lipinski definition) is 3. The zero-order valence-corrected chi connectivity index (χ0v) is 13.3. The number of rotatable bonds is 6. The quantitative estimate of drug-likeness (QED) is 0.777. The van der Waals surface area contributed by atoms with E-state index in [-0.39, 0.29) is 18.6 Å². The van der Waals surface area contributed by atoms with Crippen molar-refractivity contribution in [1.82, 2.24) is 15.1 Å². The number of likely N-dealkylation sites (N-methyl/N-ethyl adjacent to an activating group) is 1. The van der Waals surface area contributed by atoms with Crippen LogP contribution in [0.1, 0.15) is 39.0 Å². The second-order valence-electron chi connectivity index (χ2n) is 7.08. The van der Waals surface area contributed by atoms with Gasteiger partial charge in [0.15, 0.2) is 0 Å². The van der Waals surface area contributed by atoms with Crippen molar-refractivity contribution in [3.8, 4) is 0 Å². The Morgan fingerprint density at radius 1 is 1.23 bits per heavy atom. The molecule has 3 fully saturated rings. The molecule has 0 bridgehead atoms. The molecule has 0 aromatic rings. The molecule has 22 heavy (non-hydrogen) atoms. The van der Waals surface area contributed by atoms with E-state index in [0.717, 1.165) is 44.3 Å². The molecule has 1 saturated heterocycles. The molecule has 0 radical (unpaired) electrons. The third-order valence-electron chi connectivity index (χ3n) is 5.72. The highest BCUT2D eigenvalue weighted by Crippen LogP contribution is 2.38. The van der Waals surface area contributed by atoms with Crippen molar-refractivity contribution in [3.05, 3.63) is 0 Å². The monoisotopic (exact) mass is 309 g/mol. The molecule has 3 aliphatic rings.